The molecule has 2 aliphatic heterocycles. The highest BCUT2D eigenvalue weighted by atomic mass is 19.4. The average Bonchev–Trinajstić information content (AvgIpc) is 2.90. The van der Waals surface area contributed by atoms with Crippen molar-refractivity contribution in [2.45, 2.75) is 51.1 Å². The number of alkyl halides is 3. The number of rotatable bonds is 10. The van der Waals surface area contributed by atoms with E-state index in [0.29, 0.717) is 19.4 Å². The van der Waals surface area contributed by atoms with Crippen LogP contribution in [0.3, 0.4) is 0 Å². The van der Waals surface area contributed by atoms with E-state index in [-0.39, 0.29) is 39.0 Å². The van der Waals surface area contributed by atoms with Crippen LogP contribution in [0.2, 0.25) is 0 Å². The fourth-order valence-corrected chi connectivity index (χ4v) is 4.61. The van der Waals surface area contributed by atoms with Crippen LogP contribution in [0, 0.1) is 5.92 Å². The van der Waals surface area contributed by atoms with E-state index < -0.39 is 41.8 Å². The number of dihydropyridines is 1. The summed E-state index contributed by atoms with van der Waals surface area (Å²) in [6, 6.07) is 7.47. The molecule has 37 heavy (non-hydrogen) atoms. The first kappa shape index (κ1) is 28.6. The van der Waals surface area contributed by atoms with Gasteiger partial charge in [-0.2, -0.15) is 13.2 Å². The Balaban J connectivity index is 1.61. The molecule has 0 saturated carbocycles. The first-order valence-electron chi connectivity index (χ1n) is 12.3. The summed E-state index contributed by atoms with van der Waals surface area (Å²) >= 11 is 0. The summed E-state index contributed by atoms with van der Waals surface area (Å²) in [5.41, 5.74) is 1.67. The van der Waals surface area contributed by atoms with Crippen LogP contribution in [0.25, 0.3) is 0 Å². The Kier molecular flexibility index (Phi) is 10.1. The number of aryl methyl sites for hydroxylation is 1. The number of hydroxylamine groups is 1. The smallest absolute Gasteiger partial charge is 0.415 e. The van der Waals surface area contributed by atoms with Gasteiger partial charge in [0.05, 0.1) is 18.1 Å². The third-order valence-electron chi connectivity index (χ3n) is 6.56. The van der Waals surface area contributed by atoms with Crippen LogP contribution in [0.15, 0.2) is 40.9 Å². The fourth-order valence-electron chi connectivity index (χ4n) is 4.61. The zero-order valence-electron chi connectivity index (χ0n) is 20.7. The van der Waals surface area contributed by atoms with E-state index in [0.717, 1.165) is 17.4 Å². The minimum Gasteiger partial charge on any atom is -0.494 e. The molecule has 1 aromatic rings. The maximum atomic E-state index is 13.4. The normalized spacial score (nSPS) is 20.2. The van der Waals surface area contributed by atoms with Gasteiger partial charge in [-0.3, -0.25) is 24.7 Å². The molecular formula is C25H33F3N4O5. The van der Waals surface area contributed by atoms with Crippen molar-refractivity contribution in [1.82, 2.24) is 15.3 Å². The average molecular weight is 527 g/mol. The number of amides is 2. The van der Waals surface area contributed by atoms with E-state index in [1.807, 2.05) is 31.2 Å². The second-order valence-electron chi connectivity index (χ2n) is 8.96. The number of benzene rings is 1. The zero-order chi connectivity index (χ0) is 27.0. The first-order chi connectivity index (χ1) is 17.7. The van der Waals surface area contributed by atoms with Crippen molar-refractivity contribution in [3.8, 4) is 5.75 Å². The molecule has 1 aromatic carbocycles. The highest BCUT2D eigenvalue weighted by Crippen LogP contribution is 2.33. The van der Waals surface area contributed by atoms with Gasteiger partial charge in [0, 0.05) is 38.8 Å². The lowest BCUT2D eigenvalue weighted by molar-refractivity contribution is -0.152. The van der Waals surface area contributed by atoms with Crippen molar-refractivity contribution < 1.29 is 37.8 Å². The molecule has 204 valence electrons. The molecule has 3 N–H and O–H groups in total. The molecule has 0 spiro atoms. The summed E-state index contributed by atoms with van der Waals surface area (Å²) in [6.07, 6.45) is -3.48. The van der Waals surface area contributed by atoms with E-state index in [4.69, 9.17) is 9.94 Å². The predicted molar refractivity (Wildman–Crippen MR) is 129 cm³/mol. The molecule has 0 aliphatic carbocycles. The number of aliphatic hydroxyl groups is 1. The van der Waals surface area contributed by atoms with Crippen LogP contribution >= 0.6 is 0 Å². The fraction of sp³-hybridized carbons (Fsp3) is 0.560. The van der Waals surface area contributed by atoms with Gasteiger partial charge in [0.25, 0.3) is 5.91 Å². The number of halogens is 3. The number of piperazine rings is 1. The Bertz CT molecular complexity index is 976. The topological polar surface area (TPSA) is 115 Å². The molecule has 1 saturated heterocycles. The number of aliphatic imine (C=N–C) groups is 1. The number of aliphatic hydroxyl groups excluding tert-OH is 1. The van der Waals surface area contributed by atoms with Crippen molar-refractivity contribution >= 4 is 18.0 Å². The van der Waals surface area contributed by atoms with Crippen LogP contribution in [-0.4, -0.2) is 89.4 Å². The third kappa shape index (κ3) is 7.53. The monoisotopic (exact) mass is 526 g/mol. The molecule has 2 amide bonds. The first-order valence-corrected chi connectivity index (χ1v) is 12.3. The molecule has 2 heterocycles. The molecule has 2 aliphatic rings. The van der Waals surface area contributed by atoms with E-state index in [1.54, 1.807) is 4.90 Å². The van der Waals surface area contributed by atoms with Crippen molar-refractivity contribution in [3.63, 3.8) is 0 Å². The number of hydrogen-bond donors (Lipinski definition) is 3. The van der Waals surface area contributed by atoms with Crippen molar-refractivity contribution in [1.29, 1.82) is 0 Å². The molecule has 12 heteroatoms. The summed E-state index contributed by atoms with van der Waals surface area (Å²) in [5.74, 6) is -1.94. The van der Waals surface area contributed by atoms with Gasteiger partial charge < -0.3 is 14.7 Å². The third-order valence-corrected chi connectivity index (χ3v) is 6.56. The Morgan fingerprint density at radius 2 is 1.86 bits per heavy atom. The lowest BCUT2D eigenvalue weighted by Gasteiger charge is -2.40. The van der Waals surface area contributed by atoms with Crippen molar-refractivity contribution in [3.05, 3.63) is 41.5 Å². The standard InChI is InChI=1S/C25H33F3N4O5/c1-2-37-18-10-8-17(9-11-18)5-3-6-19(21(33)23(34)30-36)24(35)32-15-13-31(14-16-32)22-20(25(26,27)28)7-4-12-29-22/h7-12,19,21-22,33,36H,2-6,13-16H2,1H3,(H,30,34)/t19-,21+,22?/m1/s1. The van der Waals surface area contributed by atoms with E-state index in [2.05, 4.69) is 4.99 Å². The Labute approximate surface area is 213 Å². The molecular weight excluding hydrogens is 493 g/mol. The van der Waals surface area contributed by atoms with Crippen LogP contribution < -0.4 is 10.2 Å². The molecule has 0 bridgehead atoms. The summed E-state index contributed by atoms with van der Waals surface area (Å²) in [7, 11) is 0. The minimum absolute atomic E-state index is 0.118. The van der Waals surface area contributed by atoms with Gasteiger partial charge in [-0.25, -0.2) is 5.48 Å². The number of hydrogen-bond acceptors (Lipinski definition) is 7. The number of ether oxygens (including phenoxy) is 1. The number of nitrogens with one attached hydrogen (secondary N) is 1. The molecule has 3 rings (SSSR count). The molecule has 9 nitrogen and oxygen atoms in total. The lowest BCUT2D eigenvalue weighted by atomic mass is 9.92. The van der Waals surface area contributed by atoms with E-state index >= 15 is 0 Å². The Morgan fingerprint density at radius 1 is 1.19 bits per heavy atom. The number of nitrogens with zero attached hydrogens (tertiary/aromatic N) is 3. The quantitative estimate of drug-likeness (QED) is 0.245. The number of carbonyl (C=O) groups excluding carboxylic acids is 2. The largest absolute Gasteiger partial charge is 0.494 e. The van der Waals surface area contributed by atoms with Crippen LogP contribution in [0.4, 0.5) is 13.2 Å². The minimum atomic E-state index is -4.49. The number of carbonyl (C=O) groups is 2. The van der Waals surface area contributed by atoms with Gasteiger partial charge in [0.15, 0.2) is 0 Å². The van der Waals surface area contributed by atoms with Gasteiger partial charge in [-0.15, -0.1) is 0 Å². The molecule has 1 fully saturated rings. The Hall–Kier alpha value is -2.96. The van der Waals surface area contributed by atoms with E-state index in [9.17, 15) is 27.9 Å². The van der Waals surface area contributed by atoms with Crippen LogP contribution in [0.5, 0.6) is 5.75 Å². The summed E-state index contributed by atoms with van der Waals surface area (Å²) < 4.78 is 45.7. The van der Waals surface area contributed by atoms with Gasteiger partial charge >= 0.3 is 6.18 Å². The Morgan fingerprint density at radius 3 is 2.46 bits per heavy atom. The highest BCUT2D eigenvalue weighted by molar-refractivity contribution is 5.88. The maximum absolute atomic E-state index is 13.4. The second kappa shape index (κ2) is 13.0. The van der Waals surface area contributed by atoms with Gasteiger partial charge in [0.2, 0.25) is 5.91 Å². The zero-order valence-corrected chi connectivity index (χ0v) is 20.7. The highest BCUT2D eigenvalue weighted by Gasteiger charge is 2.43. The van der Waals surface area contributed by atoms with Crippen molar-refractivity contribution in [2.24, 2.45) is 10.9 Å². The van der Waals surface area contributed by atoms with E-state index in [1.165, 1.54) is 16.6 Å². The summed E-state index contributed by atoms with van der Waals surface area (Å²) in [6.45, 7) is 3.00. The van der Waals surface area contributed by atoms with Crippen LogP contribution in [0.1, 0.15) is 31.7 Å². The maximum Gasteiger partial charge on any atom is 0.415 e. The molecule has 0 aromatic heterocycles. The summed E-state index contributed by atoms with van der Waals surface area (Å²) in [5, 5.41) is 19.4. The summed E-state index contributed by atoms with van der Waals surface area (Å²) in [4.78, 5) is 32.2. The molecule has 0 radical (unpaired) electrons. The van der Waals surface area contributed by atoms with Crippen molar-refractivity contribution in [2.75, 3.05) is 32.8 Å². The number of allylic oxidation sites excluding steroid dienone is 1. The predicted octanol–water partition coefficient (Wildman–Crippen LogP) is 2.32. The van der Waals surface area contributed by atoms with Crippen LogP contribution in [-0.2, 0) is 16.0 Å². The van der Waals surface area contributed by atoms with Gasteiger partial charge in [-0.1, -0.05) is 18.2 Å². The SMILES string of the molecule is CCOc1ccc(CCC[C@@H](C(=O)N2CCN(C3N=CCC=C3C(F)(F)F)CC2)[C@H](O)C(=O)NO)cc1. The second-order valence-corrected chi connectivity index (χ2v) is 8.96. The van der Waals surface area contributed by atoms with Gasteiger partial charge in [0.1, 0.15) is 18.0 Å². The molecule has 1 unspecified atom stereocenters. The lowest BCUT2D eigenvalue weighted by Crippen LogP contribution is -2.56. The molecule has 3 atom stereocenters. The van der Waals surface area contributed by atoms with Gasteiger partial charge in [-0.05, 0) is 43.9 Å².